The second kappa shape index (κ2) is 6.59. The van der Waals surface area contributed by atoms with Crippen LogP contribution in [0.25, 0.3) is 0 Å². The predicted molar refractivity (Wildman–Crippen MR) is 82.2 cm³/mol. The number of aliphatic hydroxyl groups excluding tert-OH is 1. The van der Waals surface area contributed by atoms with Crippen LogP contribution in [0.3, 0.4) is 0 Å². The molecule has 0 bridgehead atoms. The molecule has 0 spiro atoms. The molecule has 1 aromatic carbocycles. The average molecular weight is 277 g/mol. The fraction of sp³-hybridized carbons (Fsp3) is 0.647. The Balaban J connectivity index is 2.04. The van der Waals surface area contributed by atoms with Gasteiger partial charge in [0.15, 0.2) is 0 Å². The Morgan fingerprint density at radius 3 is 2.65 bits per heavy atom. The molecule has 2 rings (SSSR count). The standard InChI is InChI=1S/C17H27NO2/c1-4-9-18-17(11-19,15-6-7-15)12-20-16-8-5-13(2)10-14(16)3/h5,8,10,15,18-19H,4,6-7,9,11-12H2,1-3H3. The van der Waals surface area contributed by atoms with E-state index in [0.29, 0.717) is 12.5 Å². The molecule has 2 N–H and O–H groups in total. The lowest BCUT2D eigenvalue weighted by Gasteiger charge is -2.33. The van der Waals surface area contributed by atoms with Crippen molar-refractivity contribution in [3.8, 4) is 5.75 Å². The lowest BCUT2D eigenvalue weighted by atomic mass is 9.95. The highest BCUT2D eigenvalue weighted by Crippen LogP contribution is 2.40. The third-order valence-corrected chi connectivity index (χ3v) is 4.18. The first kappa shape index (κ1) is 15.3. The Labute approximate surface area is 122 Å². The highest BCUT2D eigenvalue weighted by Gasteiger charge is 2.45. The zero-order chi connectivity index (χ0) is 14.6. The lowest BCUT2D eigenvalue weighted by molar-refractivity contribution is 0.0848. The Kier molecular flexibility index (Phi) is 5.06. The second-order valence-corrected chi connectivity index (χ2v) is 6.07. The predicted octanol–water partition coefficient (Wildman–Crippen LogP) is 2.82. The topological polar surface area (TPSA) is 41.5 Å². The maximum atomic E-state index is 9.86. The van der Waals surface area contributed by atoms with Crippen LogP contribution in [0.2, 0.25) is 0 Å². The number of aliphatic hydroxyl groups is 1. The van der Waals surface area contributed by atoms with E-state index in [4.69, 9.17) is 4.74 Å². The maximum Gasteiger partial charge on any atom is 0.122 e. The van der Waals surface area contributed by atoms with E-state index in [9.17, 15) is 5.11 Å². The summed E-state index contributed by atoms with van der Waals surface area (Å²) in [4.78, 5) is 0. The van der Waals surface area contributed by atoms with Gasteiger partial charge in [0.2, 0.25) is 0 Å². The maximum absolute atomic E-state index is 9.86. The smallest absolute Gasteiger partial charge is 0.122 e. The van der Waals surface area contributed by atoms with Crippen molar-refractivity contribution in [2.75, 3.05) is 19.8 Å². The molecule has 20 heavy (non-hydrogen) atoms. The van der Waals surface area contributed by atoms with Gasteiger partial charge in [-0.05, 0) is 57.2 Å². The van der Waals surface area contributed by atoms with Crippen molar-refractivity contribution in [2.24, 2.45) is 5.92 Å². The first-order valence-corrected chi connectivity index (χ1v) is 7.67. The zero-order valence-electron chi connectivity index (χ0n) is 12.9. The molecule has 0 radical (unpaired) electrons. The van der Waals surface area contributed by atoms with Crippen LogP contribution in [0, 0.1) is 19.8 Å². The SMILES string of the molecule is CCCNC(CO)(COc1ccc(C)cc1C)C1CC1. The second-order valence-electron chi connectivity index (χ2n) is 6.07. The van der Waals surface area contributed by atoms with Crippen molar-refractivity contribution in [2.45, 2.75) is 45.6 Å². The molecule has 1 saturated carbocycles. The van der Waals surface area contributed by atoms with E-state index in [2.05, 4.69) is 38.2 Å². The van der Waals surface area contributed by atoms with Gasteiger partial charge in [0.25, 0.3) is 0 Å². The molecule has 1 aromatic rings. The van der Waals surface area contributed by atoms with Crippen LogP contribution in [0.1, 0.15) is 37.3 Å². The Bertz CT molecular complexity index is 443. The monoisotopic (exact) mass is 277 g/mol. The largest absolute Gasteiger partial charge is 0.491 e. The fourth-order valence-corrected chi connectivity index (χ4v) is 2.72. The number of hydrogen-bond acceptors (Lipinski definition) is 3. The molecule has 0 amide bonds. The number of rotatable bonds is 8. The molecule has 1 aliphatic rings. The van der Waals surface area contributed by atoms with Crippen LogP contribution in [0.4, 0.5) is 0 Å². The molecular formula is C17H27NO2. The van der Waals surface area contributed by atoms with Gasteiger partial charge in [-0.15, -0.1) is 0 Å². The molecule has 1 fully saturated rings. The number of benzene rings is 1. The summed E-state index contributed by atoms with van der Waals surface area (Å²) >= 11 is 0. The van der Waals surface area contributed by atoms with E-state index < -0.39 is 0 Å². The quantitative estimate of drug-likeness (QED) is 0.768. The summed E-state index contributed by atoms with van der Waals surface area (Å²) < 4.78 is 6.02. The third kappa shape index (κ3) is 3.53. The van der Waals surface area contributed by atoms with Gasteiger partial charge < -0.3 is 15.2 Å². The minimum Gasteiger partial charge on any atom is -0.491 e. The molecule has 0 aliphatic heterocycles. The van der Waals surface area contributed by atoms with Gasteiger partial charge >= 0.3 is 0 Å². The normalized spacial score (nSPS) is 17.8. The Morgan fingerprint density at radius 2 is 2.10 bits per heavy atom. The molecule has 0 aromatic heterocycles. The zero-order valence-corrected chi connectivity index (χ0v) is 12.9. The number of ether oxygens (including phenoxy) is 1. The van der Waals surface area contributed by atoms with E-state index in [-0.39, 0.29) is 12.1 Å². The summed E-state index contributed by atoms with van der Waals surface area (Å²) in [6, 6.07) is 6.23. The summed E-state index contributed by atoms with van der Waals surface area (Å²) in [7, 11) is 0. The molecule has 112 valence electrons. The molecular weight excluding hydrogens is 250 g/mol. The van der Waals surface area contributed by atoms with Crippen molar-refractivity contribution in [3.63, 3.8) is 0 Å². The summed E-state index contributed by atoms with van der Waals surface area (Å²) in [5, 5.41) is 13.4. The van der Waals surface area contributed by atoms with E-state index in [1.807, 2.05) is 6.07 Å². The highest BCUT2D eigenvalue weighted by molar-refractivity contribution is 5.35. The fourth-order valence-electron chi connectivity index (χ4n) is 2.72. The van der Waals surface area contributed by atoms with Crippen LogP contribution in [0.5, 0.6) is 5.75 Å². The minimum atomic E-state index is -0.270. The van der Waals surface area contributed by atoms with Crippen molar-refractivity contribution >= 4 is 0 Å². The van der Waals surface area contributed by atoms with Crippen molar-refractivity contribution in [3.05, 3.63) is 29.3 Å². The van der Waals surface area contributed by atoms with Crippen LogP contribution in [-0.2, 0) is 0 Å². The van der Waals surface area contributed by atoms with Crippen molar-refractivity contribution in [1.29, 1.82) is 0 Å². The van der Waals surface area contributed by atoms with Crippen molar-refractivity contribution < 1.29 is 9.84 Å². The summed E-state index contributed by atoms with van der Waals surface area (Å²) in [5.74, 6) is 1.47. The number of hydrogen-bond donors (Lipinski definition) is 2. The Morgan fingerprint density at radius 1 is 1.35 bits per heavy atom. The Hall–Kier alpha value is -1.06. The van der Waals surface area contributed by atoms with E-state index in [1.54, 1.807) is 0 Å². The summed E-state index contributed by atoms with van der Waals surface area (Å²) in [6.45, 7) is 7.91. The van der Waals surface area contributed by atoms with Crippen molar-refractivity contribution in [1.82, 2.24) is 5.32 Å². The van der Waals surface area contributed by atoms with Gasteiger partial charge in [0.1, 0.15) is 12.4 Å². The molecule has 0 saturated heterocycles. The van der Waals surface area contributed by atoms with E-state index >= 15 is 0 Å². The van der Waals surface area contributed by atoms with Crippen LogP contribution in [-0.4, -0.2) is 30.4 Å². The first-order valence-electron chi connectivity index (χ1n) is 7.67. The van der Waals surface area contributed by atoms with Gasteiger partial charge in [-0.2, -0.15) is 0 Å². The van der Waals surface area contributed by atoms with E-state index in [1.165, 1.54) is 18.4 Å². The number of aryl methyl sites for hydroxylation is 2. The van der Waals surface area contributed by atoms with Gasteiger partial charge in [-0.3, -0.25) is 0 Å². The highest BCUT2D eigenvalue weighted by atomic mass is 16.5. The van der Waals surface area contributed by atoms with E-state index in [0.717, 1.165) is 24.3 Å². The summed E-state index contributed by atoms with van der Waals surface area (Å²) in [6.07, 6.45) is 3.44. The van der Waals surface area contributed by atoms with Crippen LogP contribution < -0.4 is 10.1 Å². The van der Waals surface area contributed by atoms with Crippen LogP contribution in [0.15, 0.2) is 18.2 Å². The van der Waals surface area contributed by atoms with Gasteiger partial charge in [0, 0.05) is 0 Å². The minimum absolute atomic E-state index is 0.141. The first-order chi connectivity index (χ1) is 9.61. The van der Waals surface area contributed by atoms with Gasteiger partial charge in [0.05, 0.1) is 12.1 Å². The number of nitrogens with one attached hydrogen (secondary N) is 1. The average Bonchev–Trinajstić information content (AvgIpc) is 3.26. The molecule has 3 heteroatoms. The van der Waals surface area contributed by atoms with Gasteiger partial charge in [-0.25, -0.2) is 0 Å². The van der Waals surface area contributed by atoms with Crippen LogP contribution >= 0.6 is 0 Å². The molecule has 3 nitrogen and oxygen atoms in total. The third-order valence-electron chi connectivity index (χ3n) is 4.18. The summed E-state index contributed by atoms with van der Waals surface area (Å²) in [5.41, 5.74) is 2.13. The molecule has 0 heterocycles. The lowest BCUT2D eigenvalue weighted by Crippen LogP contribution is -2.55. The molecule has 1 unspecified atom stereocenters. The molecule has 1 atom stereocenters. The van der Waals surface area contributed by atoms with Gasteiger partial charge in [-0.1, -0.05) is 24.6 Å². The molecule has 1 aliphatic carbocycles.